The van der Waals surface area contributed by atoms with Crippen LogP contribution < -0.4 is 0 Å². The lowest BCUT2D eigenvalue weighted by Crippen LogP contribution is -2.27. The van der Waals surface area contributed by atoms with Gasteiger partial charge in [0.15, 0.2) is 10.9 Å². The first kappa shape index (κ1) is 19.7. The van der Waals surface area contributed by atoms with Crippen LogP contribution in [-0.4, -0.2) is 55.2 Å². The van der Waals surface area contributed by atoms with Gasteiger partial charge in [-0.15, -0.1) is 10.2 Å². The van der Waals surface area contributed by atoms with E-state index in [0.29, 0.717) is 21.4 Å². The van der Waals surface area contributed by atoms with Crippen molar-refractivity contribution in [3.8, 4) is 5.69 Å². The number of carbonyl (C=O) groups excluding carboxylic acids is 2. The zero-order chi connectivity index (χ0) is 20.4. The number of thioether (sulfide) groups is 1. The van der Waals surface area contributed by atoms with Crippen LogP contribution in [0.4, 0.5) is 0 Å². The largest absolute Gasteiger partial charge is 0.356 e. The van der Waals surface area contributed by atoms with Crippen LogP contribution in [0.3, 0.4) is 0 Å². The molecule has 1 aliphatic heterocycles. The molecule has 1 saturated heterocycles. The SMILES string of the molecule is Cc1ccc(-n2cnnc2SCC(=O)c2c[nH]c(C(=O)N3CCCC3)c2)cc1Cl. The second-order valence-corrected chi connectivity index (χ2v) is 8.28. The number of carbonyl (C=O) groups is 2. The van der Waals surface area contributed by atoms with Crippen molar-refractivity contribution in [3.63, 3.8) is 0 Å². The number of likely N-dealkylation sites (tertiary alicyclic amines) is 1. The maximum atomic E-state index is 12.6. The number of benzene rings is 1. The zero-order valence-corrected chi connectivity index (χ0v) is 17.5. The zero-order valence-electron chi connectivity index (χ0n) is 15.9. The van der Waals surface area contributed by atoms with Gasteiger partial charge in [-0.1, -0.05) is 29.4 Å². The molecule has 3 aromatic rings. The third-order valence-electron chi connectivity index (χ3n) is 4.91. The molecule has 1 amide bonds. The number of nitrogens with one attached hydrogen (secondary N) is 1. The number of aryl methyl sites for hydroxylation is 1. The van der Waals surface area contributed by atoms with Crippen LogP contribution in [0.1, 0.15) is 39.3 Å². The smallest absolute Gasteiger partial charge is 0.270 e. The Labute approximate surface area is 177 Å². The molecule has 9 heteroatoms. The minimum Gasteiger partial charge on any atom is -0.356 e. The summed E-state index contributed by atoms with van der Waals surface area (Å²) < 4.78 is 1.79. The van der Waals surface area contributed by atoms with Gasteiger partial charge in [-0.25, -0.2) is 0 Å². The molecule has 2 aromatic heterocycles. The summed E-state index contributed by atoms with van der Waals surface area (Å²) in [7, 11) is 0. The van der Waals surface area contributed by atoms with E-state index in [4.69, 9.17) is 11.6 Å². The second kappa shape index (κ2) is 8.42. The van der Waals surface area contributed by atoms with Crippen LogP contribution in [0.15, 0.2) is 41.9 Å². The van der Waals surface area contributed by atoms with Crippen molar-refractivity contribution in [2.75, 3.05) is 18.8 Å². The van der Waals surface area contributed by atoms with E-state index in [2.05, 4.69) is 15.2 Å². The number of aromatic amines is 1. The summed E-state index contributed by atoms with van der Waals surface area (Å²) in [6.45, 7) is 3.48. The number of H-pyrrole nitrogens is 1. The third kappa shape index (κ3) is 4.23. The van der Waals surface area contributed by atoms with Gasteiger partial charge in [-0.05, 0) is 43.5 Å². The molecule has 1 aliphatic rings. The van der Waals surface area contributed by atoms with Gasteiger partial charge in [0.2, 0.25) is 0 Å². The van der Waals surface area contributed by atoms with Crippen LogP contribution in [0, 0.1) is 6.92 Å². The number of Topliss-reactive ketones (excluding diaryl/α,β-unsaturated/α-hetero) is 1. The van der Waals surface area contributed by atoms with Gasteiger partial charge in [0.1, 0.15) is 12.0 Å². The first-order chi connectivity index (χ1) is 14.0. The number of hydrogen-bond acceptors (Lipinski definition) is 5. The van der Waals surface area contributed by atoms with Crippen LogP contribution in [0.5, 0.6) is 0 Å². The van der Waals surface area contributed by atoms with E-state index in [1.165, 1.54) is 11.8 Å². The normalized spacial score (nSPS) is 13.8. The Hall–Kier alpha value is -2.58. The molecule has 7 nitrogen and oxygen atoms in total. The molecule has 29 heavy (non-hydrogen) atoms. The Morgan fingerprint density at radius 3 is 2.79 bits per heavy atom. The summed E-state index contributed by atoms with van der Waals surface area (Å²) in [6.07, 6.45) is 5.25. The Bertz CT molecular complexity index is 1050. The summed E-state index contributed by atoms with van der Waals surface area (Å²) in [4.78, 5) is 29.8. The minimum absolute atomic E-state index is 0.0507. The highest BCUT2D eigenvalue weighted by molar-refractivity contribution is 7.99. The molecule has 0 saturated carbocycles. The van der Waals surface area contributed by atoms with Crippen molar-refractivity contribution in [2.24, 2.45) is 0 Å². The van der Waals surface area contributed by atoms with Crippen molar-refractivity contribution in [2.45, 2.75) is 24.9 Å². The number of rotatable bonds is 6. The highest BCUT2D eigenvalue weighted by Gasteiger charge is 2.22. The average molecular weight is 430 g/mol. The fraction of sp³-hybridized carbons (Fsp3) is 0.300. The number of halogens is 1. The average Bonchev–Trinajstić information content (AvgIpc) is 3.48. The lowest BCUT2D eigenvalue weighted by molar-refractivity contribution is 0.0787. The molecule has 0 spiro atoms. The predicted molar refractivity (Wildman–Crippen MR) is 112 cm³/mol. The molecule has 0 bridgehead atoms. The number of nitrogens with zero attached hydrogens (tertiary/aromatic N) is 4. The summed E-state index contributed by atoms with van der Waals surface area (Å²) in [5.74, 6) is 0.0569. The molecular formula is C20H20ClN5O2S. The molecule has 0 unspecified atom stereocenters. The molecule has 1 aromatic carbocycles. The van der Waals surface area contributed by atoms with E-state index in [0.717, 1.165) is 37.2 Å². The molecule has 3 heterocycles. The van der Waals surface area contributed by atoms with Crippen LogP contribution >= 0.6 is 23.4 Å². The number of amides is 1. The number of ketones is 1. The van der Waals surface area contributed by atoms with E-state index in [1.807, 2.05) is 30.0 Å². The van der Waals surface area contributed by atoms with E-state index in [1.54, 1.807) is 23.2 Å². The molecule has 0 radical (unpaired) electrons. The third-order valence-corrected chi connectivity index (χ3v) is 6.26. The molecule has 4 rings (SSSR count). The molecule has 1 fully saturated rings. The Morgan fingerprint density at radius 2 is 2.03 bits per heavy atom. The topological polar surface area (TPSA) is 83.9 Å². The second-order valence-electron chi connectivity index (χ2n) is 6.93. The van der Waals surface area contributed by atoms with Crippen LogP contribution in [0.25, 0.3) is 5.69 Å². The molecule has 0 atom stereocenters. The van der Waals surface area contributed by atoms with E-state index >= 15 is 0 Å². The fourth-order valence-electron chi connectivity index (χ4n) is 3.21. The lowest BCUT2D eigenvalue weighted by Gasteiger charge is -2.13. The molecule has 0 aliphatic carbocycles. The number of hydrogen-bond donors (Lipinski definition) is 1. The first-order valence-electron chi connectivity index (χ1n) is 9.33. The Balaban J connectivity index is 1.42. The van der Waals surface area contributed by atoms with Gasteiger partial charge in [-0.2, -0.15) is 0 Å². The number of aromatic nitrogens is 4. The minimum atomic E-state index is -0.0804. The predicted octanol–water partition coefficient (Wildman–Crippen LogP) is 3.77. The lowest BCUT2D eigenvalue weighted by atomic mass is 10.2. The molecule has 1 N–H and O–H groups in total. The monoisotopic (exact) mass is 429 g/mol. The standard InChI is InChI=1S/C20H20ClN5O2S/c1-13-4-5-15(9-16(13)21)26-12-23-24-20(26)29-11-18(27)14-8-17(22-10-14)19(28)25-6-2-3-7-25/h4-5,8-10,12,22H,2-3,6-7,11H2,1H3. The fourth-order valence-corrected chi connectivity index (χ4v) is 4.21. The van der Waals surface area contributed by atoms with Crippen molar-refractivity contribution < 1.29 is 9.59 Å². The summed E-state index contributed by atoms with van der Waals surface area (Å²) in [5.41, 5.74) is 2.77. The summed E-state index contributed by atoms with van der Waals surface area (Å²) in [6, 6.07) is 7.33. The van der Waals surface area contributed by atoms with Crippen molar-refractivity contribution in [1.29, 1.82) is 0 Å². The Morgan fingerprint density at radius 1 is 1.24 bits per heavy atom. The first-order valence-corrected chi connectivity index (χ1v) is 10.7. The Kier molecular flexibility index (Phi) is 5.73. The summed E-state index contributed by atoms with van der Waals surface area (Å²) >= 11 is 7.51. The highest BCUT2D eigenvalue weighted by Crippen LogP contribution is 2.24. The van der Waals surface area contributed by atoms with E-state index in [-0.39, 0.29) is 17.4 Å². The van der Waals surface area contributed by atoms with Crippen molar-refractivity contribution in [3.05, 3.63) is 58.6 Å². The van der Waals surface area contributed by atoms with Gasteiger partial charge in [0, 0.05) is 29.9 Å². The maximum Gasteiger partial charge on any atom is 0.270 e. The van der Waals surface area contributed by atoms with Gasteiger partial charge in [0.25, 0.3) is 5.91 Å². The highest BCUT2D eigenvalue weighted by atomic mass is 35.5. The van der Waals surface area contributed by atoms with Crippen LogP contribution in [0.2, 0.25) is 5.02 Å². The molecule has 150 valence electrons. The van der Waals surface area contributed by atoms with E-state index < -0.39 is 0 Å². The van der Waals surface area contributed by atoms with Crippen molar-refractivity contribution in [1.82, 2.24) is 24.6 Å². The van der Waals surface area contributed by atoms with Gasteiger partial charge in [0.05, 0.1) is 11.4 Å². The maximum absolute atomic E-state index is 12.6. The summed E-state index contributed by atoms with van der Waals surface area (Å²) in [5, 5.41) is 9.32. The molecular weight excluding hydrogens is 410 g/mol. The van der Waals surface area contributed by atoms with Crippen LogP contribution in [-0.2, 0) is 0 Å². The quantitative estimate of drug-likeness (QED) is 0.476. The van der Waals surface area contributed by atoms with Gasteiger partial charge >= 0.3 is 0 Å². The van der Waals surface area contributed by atoms with E-state index in [9.17, 15) is 9.59 Å². The van der Waals surface area contributed by atoms with Crippen molar-refractivity contribution >= 4 is 35.1 Å². The van der Waals surface area contributed by atoms with Gasteiger partial charge < -0.3 is 9.88 Å². The van der Waals surface area contributed by atoms with Gasteiger partial charge in [-0.3, -0.25) is 14.2 Å².